The lowest BCUT2D eigenvalue weighted by Crippen LogP contribution is -2.13. The first kappa shape index (κ1) is 14.8. The Morgan fingerprint density at radius 3 is 2.78 bits per heavy atom. The number of anilines is 1. The van der Waals surface area contributed by atoms with Gasteiger partial charge in [0.2, 0.25) is 5.91 Å². The summed E-state index contributed by atoms with van der Waals surface area (Å²) in [6.07, 6.45) is 1.12. The van der Waals surface area contributed by atoms with Gasteiger partial charge in [0.05, 0.1) is 12.3 Å². The molecule has 0 fully saturated rings. The SMILES string of the molecule is CC(C)COc1ccccc1NC(=O)CCCCl. The molecule has 0 aromatic heterocycles. The zero-order chi connectivity index (χ0) is 13.4. The highest BCUT2D eigenvalue weighted by molar-refractivity contribution is 6.18. The summed E-state index contributed by atoms with van der Waals surface area (Å²) in [6, 6.07) is 7.47. The maximum atomic E-state index is 11.6. The number of para-hydroxylation sites is 2. The minimum absolute atomic E-state index is 0.0313. The van der Waals surface area contributed by atoms with E-state index in [1.54, 1.807) is 0 Å². The number of halogens is 1. The summed E-state index contributed by atoms with van der Waals surface area (Å²) in [4.78, 5) is 11.6. The molecule has 1 aromatic rings. The smallest absolute Gasteiger partial charge is 0.224 e. The fourth-order valence-corrected chi connectivity index (χ4v) is 1.53. The van der Waals surface area contributed by atoms with Crippen LogP contribution < -0.4 is 10.1 Å². The summed E-state index contributed by atoms with van der Waals surface area (Å²) in [5, 5.41) is 2.85. The Bertz CT molecular complexity index is 380. The molecule has 1 rings (SSSR count). The average molecular weight is 270 g/mol. The van der Waals surface area contributed by atoms with Crippen molar-refractivity contribution in [3.05, 3.63) is 24.3 Å². The number of nitrogens with one attached hydrogen (secondary N) is 1. The minimum atomic E-state index is -0.0313. The zero-order valence-corrected chi connectivity index (χ0v) is 11.7. The number of ether oxygens (including phenoxy) is 1. The van der Waals surface area contributed by atoms with E-state index in [4.69, 9.17) is 16.3 Å². The Morgan fingerprint density at radius 1 is 1.39 bits per heavy atom. The molecule has 100 valence electrons. The summed E-state index contributed by atoms with van der Waals surface area (Å²) in [5.41, 5.74) is 0.720. The van der Waals surface area contributed by atoms with Crippen molar-refractivity contribution in [1.82, 2.24) is 0 Å². The average Bonchev–Trinajstić information content (AvgIpc) is 2.35. The second kappa shape index (κ2) is 7.98. The van der Waals surface area contributed by atoms with E-state index in [1.165, 1.54) is 0 Å². The van der Waals surface area contributed by atoms with Crippen LogP contribution in [0, 0.1) is 5.92 Å². The zero-order valence-electron chi connectivity index (χ0n) is 10.9. The molecule has 0 unspecified atom stereocenters. The molecule has 0 bridgehead atoms. The molecule has 0 radical (unpaired) electrons. The van der Waals surface area contributed by atoms with Crippen molar-refractivity contribution in [3.8, 4) is 5.75 Å². The Hall–Kier alpha value is -1.22. The predicted octanol–water partition coefficient (Wildman–Crippen LogP) is 3.68. The van der Waals surface area contributed by atoms with Gasteiger partial charge in [-0.25, -0.2) is 0 Å². The second-order valence-corrected chi connectivity index (χ2v) is 4.92. The molecule has 0 spiro atoms. The standard InChI is InChI=1S/C14H20ClNO2/c1-11(2)10-18-13-7-4-3-6-12(13)16-14(17)8-5-9-15/h3-4,6-7,11H,5,8-10H2,1-2H3,(H,16,17). The van der Waals surface area contributed by atoms with E-state index in [0.717, 1.165) is 5.69 Å². The Morgan fingerprint density at radius 2 is 2.11 bits per heavy atom. The Kier molecular flexibility index (Phi) is 6.58. The van der Waals surface area contributed by atoms with Crippen LogP contribution in [0.3, 0.4) is 0 Å². The van der Waals surface area contributed by atoms with Gasteiger partial charge in [-0.3, -0.25) is 4.79 Å². The fourth-order valence-electron chi connectivity index (χ4n) is 1.39. The van der Waals surface area contributed by atoms with Crippen LogP contribution in [-0.4, -0.2) is 18.4 Å². The number of hydrogen-bond donors (Lipinski definition) is 1. The molecule has 0 aliphatic rings. The van der Waals surface area contributed by atoms with Gasteiger partial charge in [0.1, 0.15) is 5.75 Å². The number of rotatable bonds is 7. The van der Waals surface area contributed by atoms with Gasteiger partial charge in [-0.05, 0) is 24.5 Å². The van der Waals surface area contributed by atoms with Crippen LogP contribution in [0.4, 0.5) is 5.69 Å². The van der Waals surface area contributed by atoms with Crippen LogP contribution in [0.15, 0.2) is 24.3 Å². The van der Waals surface area contributed by atoms with Crippen LogP contribution in [0.25, 0.3) is 0 Å². The molecule has 0 saturated carbocycles. The lowest BCUT2D eigenvalue weighted by molar-refractivity contribution is -0.116. The molecule has 1 aromatic carbocycles. The van der Waals surface area contributed by atoms with Crippen LogP contribution in [0.1, 0.15) is 26.7 Å². The lowest BCUT2D eigenvalue weighted by atomic mass is 10.2. The van der Waals surface area contributed by atoms with Crippen LogP contribution in [0.2, 0.25) is 0 Å². The van der Waals surface area contributed by atoms with Crippen LogP contribution >= 0.6 is 11.6 Å². The monoisotopic (exact) mass is 269 g/mol. The minimum Gasteiger partial charge on any atom is -0.491 e. The molecule has 0 heterocycles. The highest BCUT2D eigenvalue weighted by Gasteiger charge is 2.07. The Labute approximate surface area is 113 Å². The van der Waals surface area contributed by atoms with Crippen molar-refractivity contribution < 1.29 is 9.53 Å². The van der Waals surface area contributed by atoms with Gasteiger partial charge in [0.25, 0.3) is 0 Å². The normalized spacial score (nSPS) is 10.4. The predicted molar refractivity (Wildman–Crippen MR) is 75.4 cm³/mol. The van der Waals surface area contributed by atoms with Crippen LogP contribution in [0.5, 0.6) is 5.75 Å². The number of amides is 1. The van der Waals surface area contributed by atoms with E-state index in [2.05, 4.69) is 19.2 Å². The first-order chi connectivity index (χ1) is 8.63. The first-order valence-electron chi connectivity index (χ1n) is 6.21. The van der Waals surface area contributed by atoms with Gasteiger partial charge in [-0.2, -0.15) is 0 Å². The van der Waals surface area contributed by atoms with Crippen molar-refractivity contribution in [2.45, 2.75) is 26.7 Å². The maximum Gasteiger partial charge on any atom is 0.224 e. The lowest BCUT2D eigenvalue weighted by Gasteiger charge is -2.13. The maximum absolute atomic E-state index is 11.6. The van der Waals surface area contributed by atoms with Gasteiger partial charge in [0, 0.05) is 12.3 Å². The fraction of sp³-hybridized carbons (Fsp3) is 0.500. The topological polar surface area (TPSA) is 38.3 Å². The van der Waals surface area contributed by atoms with Crippen molar-refractivity contribution in [2.75, 3.05) is 17.8 Å². The molecule has 1 N–H and O–H groups in total. The molecule has 0 atom stereocenters. The summed E-state index contributed by atoms with van der Waals surface area (Å²) in [5.74, 6) is 1.63. The third kappa shape index (κ3) is 5.41. The Balaban J connectivity index is 2.61. The highest BCUT2D eigenvalue weighted by Crippen LogP contribution is 2.24. The molecule has 0 aliphatic carbocycles. The van der Waals surface area contributed by atoms with Crippen molar-refractivity contribution in [1.29, 1.82) is 0 Å². The first-order valence-corrected chi connectivity index (χ1v) is 6.74. The molecule has 18 heavy (non-hydrogen) atoms. The summed E-state index contributed by atoms with van der Waals surface area (Å²) < 4.78 is 5.66. The molecule has 0 aliphatic heterocycles. The largest absolute Gasteiger partial charge is 0.491 e. The molecule has 0 saturated heterocycles. The van der Waals surface area contributed by atoms with Crippen LogP contribution in [-0.2, 0) is 4.79 Å². The van der Waals surface area contributed by atoms with E-state index in [1.807, 2.05) is 24.3 Å². The quantitative estimate of drug-likeness (QED) is 0.767. The number of carbonyl (C=O) groups excluding carboxylic acids is 1. The van der Waals surface area contributed by atoms with Gasteiger partial charge in [0.15, 0.2) is 0 Å². The van der Waals surface area contributed by atoms with Gasteiger partial charge in [-0.15, -0.1) is 11.6 Å². The molecule has 1 amide bonds. The highest BCUT2D eigenvalue weighted by atomic mass is 35.5. The summed E-state index contributed by atoms with van der Waals surface area (Å²) in [7, 11) is 0. The second-order valence-electron chi connectivity index (χ2n) is 4.54. The van der Waals surface area contributed by atoms with Gasteiger partial charge in [-0.1, -0.05) is 26.0 Å². The van der Waals surface area contributed by atoms with E-state index >= 15 is 0 Å². The van der Waals surface area contributed by atoms with Crippen molar-refractivity contribution >= 4 is 23.2 Å². The number of alkyl halides is 1. The van der Waals surface area contributed by atoms with E-state index in [0.29, 0.717) is 37.0 Å². The number of hydrogen-bond acceptors (Lipinski definition) is 2. The molecule has 4 heteroatoms. The van der Waals surface area contributed by atoms with E-state index < -0.39 is 0 Å². The molecular weight excluding hydrogens is 250 g/mol. The molecular formula is C14H20ClNO2. The third-order valence-electron chi connectivity index (χ3n) is 2.27. The molecule has 3 nitrogen and oxygen atoms in total. The van der Waals surface area contributed by atoms with Gasteiger partial charge >= 0.3 is 0 Å². The van der Waals surface area contributed by atoms with E-state index in [-0.39, 0.29) is 5.91 Å². The van der Waals surface area contributed by atoms with Crippen molar-refractivity contribution in [3.63, 3.8) is 0 Å². The van der Waals surface area contributed by atoms with Crippen molar-refractivity contribution in [2.24, 2.45) is 5.92 Å². The van der Waals surface area contributed by atoms with Gasteiger partial charge < -0.3 is 10.1 Å². The van der Waals surface area contributed by atoms with E-state index in [9.17, 15) is 4.79 Å². The summed E-state index contributed by atoms with van der Waals surface area (Å²) >= 11 is 5.56. The third-order valence-corrected chi connectivity index (χ3v) is 2.54. The number of benzene rings is 1. The number of carbonyl (C=O) groups is 1. The summed E-state index contributed by atoms with van der Waals surface area (Å²) in [6.45, 7) is 4.80.